The van der Waals surface area contributed by atoms with Crippen molar-refractivity contribution in [3.8, 4) is 0 Å². The van der Waals surface area contributed by atoms with E-state index in [1.54, 1.807) is 19.1 Å². The molecule has 2 rings (SSSR count). The van der Waals surface area contributed by atoms with Crippen LogP contribution in [0.15, 0.2) is 24.3 Å². The first kappa shape index (κ1) is 12.1. The zero-order chi connectivity index (χ0) is 12.3. The molecule has 1 atom stereocenters. The van der Waals surface area contributed by atoms with Gasteiger partial charge < -0.3 is 10.0 Å². The van der Waals surface area contributed by atoms with Crippen LogP contribution in [-0.2, 0) is 0 Å². The maximum Gasteiger partial charge on any atom is 0.253 e. The molecule has 0 radical (unpaired) electrons. The Hall–Kier alpha value is -1.35. The van der Waals surface area contributed by atoms with Gasteiger partial charge in [-0.15, -0.1) is 0 Å². The average molecular weight is 233 g/mol. The first-order valence-corrected chi connectivity index (χ1v) is 6.26. The highest BCUT2D eigenvalue weighted by Crippen LogP contribution is 2.16. The second-order valence-corrected chi connectivity index (χ2v) is 4.65. The van der Waals surface area contributed by atoms with Crippen molar-refractivity contribution in [3.05, 3.63) is 35.4 Å². The molecule has 17 heavy (non-hydrogen) atoms. The molecule has 1 aliphatic rings. The Morgan fingerprint density at radius 1 is 1.18 bits per heavy atom. The highest BCUT2D eigenvalue weighted by atomic mass is 16.3. The van der Waals surface area contributed by atoms with Crippen LogP contribution in [0.3, 0.4) is 0 Å². The molecule has 1 fully saturated rings. The maximum atomic E-state index is 12.1. The predicted molar refractivity (Wildman–Crippen MR) is 66.8 cm³/mol. The van der Waals surface area contributed by atoms with Crippen molar-refractivity contribution in [2.45, 2.75) is 32.3 Å². The van der Waals surface area contributed by atoms with E-state index in [2.05, 4.69) is 0 Å². The summed E-state index contributed by atoms with van der Waals surface area (Å²) in [5.41, 5.74) is 1.57. The second kappa shape index (κ2) is 5.32. The van der Waals surface area contributed by atoms with Gasteiger partial charge in [0.15, 0.2) is 0 Å². The number of piperidine rings is 1. The Kier molecular flexibility index (Phi) is 3.79. The Morgan fingerprint density at radius 3 is 2.29 bits per heavy atom. The fourth-order valence-corrected chi connectivity index (χ4v) is 2.18. The van der Waals surface area contributed by atoms with Crippen molar-refractivity contribution in [1.82, 2.24) is 4.90 Å². The zero-order valence-corrected chi connectivity index (χ0v) is 10.2. The number of amides is 1. The molecular formula is C14H19NO2. The summed E-state index contributed by atoms with van der Waals surface area (Å²) in [7, 11) is 0. The third-order valence-corrected chi connectivity index (χ3v) is 3.28. The Bertz CT molecular complexity index is 378. The van der Waals surface area contributed by atoms with Crippen molar-refractivity contribution >= 4 is 5.91 Å². The van der Waals surface area contributed by atoms with Crippen LogP contribution in [0.5, 0.6) is 0 Å². The van der Waals surface area contributed by atoms with Crippen molar-refractivity contribution < 1.29 is 9.90 Å². The summed E-state index contributed by atoms with van der Waals surface area (Å²) in [5, 5.41) is 9.41. The molecule has 0 bridgehead atoms. The molecule has 0 spiro atoms. The van der Waals surface area contributed by atoms with E-state index < -0.39 is 6.10 Å². The smallest absolute Gasteiger partial charge is 0.253 e. The molecule has 1 saturated heterocycles. The number of aliphatic hydroxyl groups excluding tert-OH is 1. The minimum Gasteiger partial charge on any atom is -0.389 e. The highest BCUT2D eigenvalue weighted by Gasteiger charge is 2.17. The van der Waals surface area contributed by atoms with Gasteiger partial charge in [-0.3, -0.25) is 4.79 Å². The molecule has 3 heteroatoms. The topological polar surface area (TPSA) is 40.5 Å². The van der Waals surface area contributed by atoms with Crippen molar-refractivity contribution in [3.63, 3.8) is 0 Å². The van der Waals surface area contributed by atoms with Crippen LogP contribution in [0.1, 0.15) is 48.2 Å². The lowest BCUT2D eigenvalue weighted by Crippen LogP contribution is -2.35. The van der Waals surface area contributed by atoms with E-state index in [9.17, 15) is 9.90 Å². The summed E-state index contributed by atoms with van der Waals surface area (Å²) in [6.45, 7) is 3.47. The monoisotopic (exact) mass is 233 g/mol. The molecule has 1 amide bonds. The molecule has 1 aromatic rings. The lowest BCUT2D eigenvalue weighted by Gasteiger charge is -2.26. The summed E-state index contributed by atoms with van der Waals surface area (Å²) < 4.78 is 0. The number of nitrogens with zero attached hydrogens (tertiary/aromatic N) is 1. The van der Waals surface area contributed by atoms with E-state index >= 15 is 0 Å². The molecule has 92 valence electrons. The van der Waals surface area contributed by atoms with Gasteiger partial charge in [0.25, 0.3) is 5.91 Å². The molecule has 1 heterocycles. The Balaban J connectivity index is 2.08. The second-order valence-electron chi connectivity index (χ2n) is 4.65. The number of likely N-dealkylation sites (tertiary alicyclic amines) is 1. The number of hydrogen-bond donors (Lipinski definition) is 1. The van der Waals surface area contributed by atoms with Gasteiger partial charge in [0.05, 0.1) is 6.10 Å². The normalized spacial score (nSPS) is 17.9. The molecule has 1 aromatic carbocycles. The first-order valence-electron chi connectivity index (χ1n) is 6.26. The summed E-state index contributed by atoms with van der Waals surface area (Å²) in [4.78, 5) is 14.1. The first-order chi connectivity index (χ1) is 8.18. The van der Waals surface area contributed by atoms with Gasteiger partial charge in [-0.25, -0.2) is 0 Å². The fourth-order valence-electron chi connectivity index (χ4n) is 2.18. The molecular weight excluding hydrogens is 214 g/mol. The predicted octanol–water partition coefficient (Wildman–Crippen LogP) is 2.37. The van der Waals surface area contributed by atoms with Gasteiger partial charge in [0.2, 0.25) is 0 Å². The highest BCUT2D eigenvalue weighted by molar-refractivity contribution is 5.94. The zero-order valence-electron chi connectivity index (χ0n) is 10.2. The van der Waals surface area contributed by atoms with E-state index in [1.807, 2.05) is 17.0 Å². The standard InChI is InChI=1S/C14H19NO2/c1-11(16)12-5-7-13(8-6-12)14(17)15-9-3-2-4-10-15/h5-8,11,16H,2-4,9-10H2,1H3/t11-/m0/s1. The van der Waals surface area contributed by atoms with Crippen LogP contribution in [-0.4, -0.2) is 29.0 Å². The van der Waals surface area contributed by atoms with Crippen molar-refractivity contribution in [1.29, 1.82) is 0 Å². The third kappa shape index (κ3) is 2.86. The van der Waals surface area contributed by atoms with E-state index in [0.717, 1.165) is 37.1 Å². The molecule has 0 aliphatic carbocycles. The molecule has 3 nitrogen and oxygen atoms in total. The summed E-state index contributed by atoms with van der Waals surface area (Å²) in [5.74, 6) is 0.113. The molecule has 1 aliphatic heterocycles. The largest absolute Gasteiger partial charge is 0.389 e. The number of carbonyl (C=O) groups is 1. The van der Waals surface area contributed by atoms with E-state index in [1.165, 1.54) is 6.42 Å². The Morgan fingerprint density at radius 2 is 1.76 bits per heavy atom. The third-order valence-electron chi connectivity index (χ3n) is 3.28. The van der Waals surface area contributed by atoms with Crippen molar-refractivity contribution in [2.75, 3.05) is 13.1 Å². The van der Waals surface area contributed by atoms with Gasteiger partial charge in [-0.2, -0.15) is 0 Å². The molecule has 0 aromatic heterocycles. The van der Waals surface area contributed by atoms with Crippen molar-refractivity contribution in [2.24, 2.45) is 0 Å². The quantitative estimate of drug-likeness (QED) is 0.852. The number of aliphatic hydroxyl groups is 1. The Labute approximate surface area is 102 Å². The lowest BCUT2D eigenvalue weighted by atomic mass is 10.1. The number of hydrogen-bond acceptors (Lipinski definition) is 2. The van der Waals surface area contributed by atoms with Crippen LogP contribution in [0.25, 0.3) is 0 Å². The SMILES string of the molecule is C[C@H](O)c1ccc(C(=O)N2CCCCC2)cc1. The van der Waals surface area contributed by atoms with Gasteiger partial charge in [-0.1, -0.05) is 12.1 Å². The minimum atomic E-state index is -0.478. The van der Waals surface area contributed by atoms with Gasteiger partial charge in [-0.05, 0) is 43.9 Å². The number of rotatable bonds is 2. The van der Waals surface area contributed by atoms with E-state index in [4.69, 9.17) is 0 Å². The van der Waals surface area contributed by atoms with Crippen LogP contribution in [0.4, 0.5) is 0 Å². The van der Waals surface area contributed by atoms with Crippen LogP contribution >= 0.6 is 0 Å². The van der Waals surface area contributed by atoms with Crippen LogP contribution < -0.4 is 0 Å². The maximum absolute atomic E-state index is 12.1. The molecule has 1 N–H and O–H groups in total. The fraction of sp³-hybridized carbons (Fsp3) is 0.500. The minimum absolute atomic E-state index is 0.113. The van der Waals surface area contributed by atoms with Crippen LogP contribution in [0.2, 0.25) is 0 Å². The van der Waals surface area contributed by atoms with Gasteiger partial charge in [0.1, 0.15) is 0 Å². The molecule has 0 unspecified atom stereocenters. The van der Waals surface area contributed by atoms with Gasteiger partial charge >= 0.3 is 0 Å². The van der Waals surface area contributed by atoms with Crippen LogP contribution in [0, 0.1) is 0 Å². The number of carbonyl (C=O) groups excluding carboxylic acids is 1. The summed E-state index contributed by atoms with van der Waals surface area (Å²) in [6, 6.07) is 7.25. The van der Waals surface area contributed by atoms with E-state index in [0.29, 0.717) is 0 Å². The summed E-state index contributed by atoms with van der Waals surface area (Å²) in [6.07, 6.45) is 2.97. The molecule has 0 saturated carbocycles. The average Bonchev–Trinajstić information content (AvgIpc) is 2.39. The summed E-state index contributed by atoms with van der Waals surface area (Å²) >= 11 is 0. The van der Waals surface area contributed by atoms with E-state index in [-0.39, 0.29) is 5.91 Å². The number of benzene rings is 1. The lowest BCUT2D eigenvalue weighted by molar-refractivity contribution is 0.0724. The van der Waals surface area contributed by atoms with Gasteiger partial charge in [0, 0.05) is 18.7 Å².